The quantitative estimate of drug-likeness (QED) is 0.943. The van der Waals surface area contributed by atoms with Gasteiger partial charge in [-0.3, -0.25) is 9.59 Å². The topological polar surface area (TPSA) is 64.0 Å². The van der Waals surface area contributed by atoms with Gasteiger partial charge in [0.2, 0.25) is 5.91 Å². The van der Waals surface area contributed by atoms with Crippen molar-refractivity contribution in [2.24, 2.45) is 0 Å². The first kappa shape index (κ1) is 15.5. The van der Waals surface area contributed by atoms with E-state index in [4.69, 9.17) is 23.2 Å². The highest BCUT2D eigenvalue weighted by Gasteiger charge is 2.11. The number of carbonyl (C=O) groups excluding carboxylic acids is 1. The van der Waals surface area contributed by atoms with Crippen LogP contribution < -0.4 is 10.9 Å². The van der Waals surface area contributed by atoms with E-state index in [1.165, 1.54) is 6.20 Å². The summed E-state index contributed by atoms with van der Waals surface area (Å²) in [5.41, 5.74) is 2.07. The summed E-state index contributed by atoms with van der Waals surface area (Å²) in [6, 6.07) is 5.73. The molecule has 0 saturated carbocycles. The minimum Gasteiger partial charge on any atom is -0.324 e. The molecular weight excluding hydrogens is 313 g/mol. The van der Waals surface area contributed by atoms with Crippen molar-refractivity contribution in [3.05, 3.63) is 55.9 Å². The lowest BCUT2D eigenvalue weighted by Gasteiger charge is -2.10. The van der Waals surface area contributed by atoms with Gasteiger partial charge in [-0.25, -0.2) is 4.68 Å². The number of aryl methyl sites for hydroxylation is 2. The predicted molar refractivity (Wildman–Crippen MR) is 83.1 cm³/mol. The van der Waals surface area contributed by atoms with Gasteiger partial charge in [0.05, 0.1) is 11.2 Å². The Morgan fingerprint density at radius 3 is 2.76 bits per heavy atom. The number of anilines is 1. The van der Waals surface area contributed by atoms with Gasteiger partial charge in [0, 0.05) is 5.69 Å². The molecule has 0 fully saturated rings. The molecule has 1 aromatic carbocycles. The van der Waals surface area contributed by atoms with Gasteiger partial charge < -0.3 is 5.32 Å². The van der Waals surface area contributed by atoms with Crippen LogP contribution in [0.5, 0.6) is 0 Å². The molecule has 1 aromatic heterocycles. The number of amides is 1. The molecule has 2 aromatic rings. The predicted octanol–water partition coefficient (Wildman–Crippen LogP) is 2.81. The highest BCUT2D eigenvalue weighted by molar-refractivity contribution is 6.41. The average molecular weight is 326 g/mol. The van der Waals surface area contributed by atoms with Gasteiger partial charge >= 0.3 is 0 Å². The first-order chi connectivity index (χ1) is 9.88. The fourth-order valence-corrected chi connectivity index (χ4v) is 2.02. The lowest BCUT2D eigenvalue weighted by molar-refractivity contribution is -0.117. The molecule has 7 heteroatoms. The van der Waals surface area contributed by atoms with E-state index in [2.05, 4.69) is 10.4 Å². The molecule has 0 spiro atoms. The number of rotatable bonds is 3. The molecule has 0 bridgehead atoms. The molecule has 1 amide bonds. The van der Waals surface area contributed by atoms with Crippen LogP contribution in [0.2, 0.25) is 10.0 Å². The third-order valence-electron chi connectivity index (χ3n) is 2.90. The molecule has 0 aliphatic carbocycles. The van der Waals surface area contributed by atoms with E-state index in [0.717, 1.165) is 15.8 Å². The van der Waals surface area contributed by atoms with Crippen molar-refractivity contribution in [2.75, 3.05) is 5.32 Å². The van der Waals surface area contributed by atoms with Crippen LogP contribution in [0.1, 0.15) is 11.1 Å². The van der Waals surface area contributed by atoms with Crippen molar-refractivity contribution in [2.45, 2.75) is 20.4 Å². The molecule has 5 nitrogen and oxygen atoms in total. The highest BCUT2D eigenvalue weighted by atomic mass is 35.5. The number of carbonyl (C=O) groups is 1. The van der Waals surface area contributed by atoms with E-state index >= 15 is 0 Å². The Morgan fingerprint density at radius 2 is 2.05 bits per heavy atom. The molecule has 110 valence electrons. The summed E-state index contributed by atoms with van der Waals surface area (Å²) >= 11 is 11.4. The summed E-state index contributed by atoms with van der Waals surface area (Å²) in [5.74, 6) is -0.364. The van der Waals surface area contributed by atoms with E-state index in [-0.39, 0.29) is 22.5 Å². The first-order valence-electron chi connectivity index (χ1n) is 6.16. The lowest BCUT2D eigenvalue weighted by Crippen LogP contribution is -2.30. The maximum absolute atomic E-state index is 12.0. The second-order valence-electron chi connectivity index (χ2n) is 4.64. The van der Waals surface area contributed by atoms with Crippen molar-refractivity contribution in [1.29, 1.82) is 0 Å². The van der Waals surface area contributed by atoms with E-state index < -0.39 is 5.56 Å². The zero-order chi connectivity index (χ0) is 15.6. The largest absolute Gasteiger partial charge is 0.324 e. The van der Waals surface area contributed by atoms with Crippen molar-refractivity contribution in [3.63, 3.8) is 0 Å². The summed E-state index contributed by atoms with van der Waals surface area (Å²) in [6.45, 7) is 3.59. The van der Waals surface area contributed by atoms with Crippen LogP contribution in [0.3, 0.4) is 0 Å². The van der Waals surface area contributed by atoms with Gasteiger partial charge in [0.1, 0.15) is 11.6 Å². The molecule has 1 heterocycles. The lowest BCUT2D eigenvalue weighted by atomic mass is 10.1. The Labute approximate surface area is 131 Å². The first-order valence-corrected chi connectivity index (χ1v) is 6.92. The fourth-order valence-electron chi connectivity index (χ4n) is 1.75. The maximum Gasteiger partial charge on any atom is 0.287 e. The van der Waals surface area contributed by atoms with Crippen LogP contribution in [0.25, 0.3) is 0 Å². The molecular formula is C14H13Cl2N3O2. The van der Waals surface area contributed by atoms with E-state index in [0.29, 0.717) is 5.69 Å². The summed E-state index contributed by atoms with van der Waals surface area (Å²) < 4.78 is 0.967. The molecule has 0 radical (unpaired) electrons. The average Bonchev–Trinajstić information content (AvgIpc) is 2.43. The second kappa shape index (κ2) is 6.28. The zero-order valence-corrected chi connectivity index (χ0v) is 13.0. The molecule has 0 unspecified atom stereocenters. The smallest absolute Gasteiger partial charge is 0.287 e. The number of hydrogen-bond donors (Lipinski definition) is 1. The zero-order valence-electron chi connectivity index (χ0n) is 11.5. The molecule has 0 aliphatic heterocycles. The van der Waals surface area contributed by atoms with E-state index in [1.54, 1.807) is 0 Å². The van der Waals surface area contributed by atoms with Gasteiger partial charge in [-0.2, -0.15) is 5.10 Å². The maximum atomic E-state index is 12.0. The van der Waals surface area contributed by atoms with Gasteiger partial charge in [0.25, 0.3) is 5.56 Å². The van der Waals surface area contributed by atoms with Crippen LogP contribution in [0, 0.1) is 13.8 Å². The minimum atomic E-state index is -0.597. The Hall–Kier alpha value is -1.85. The van der Waals surface area contributed by atoms with Crippen molar-refractivity contribution in [1.82, 2.24) is 9.78 Å². The minimum absolute atomic E-state index is 0.0628. The van der Waals surface area contributed by atoms with E-state index in [9.17, 15) is 9.59 Å². The van der Waals surface area contributed by atoms with Crippen LogP contribution in [-0.4, -0.2) is 15.7 Å². The van der Waals surface area contributed by atoms with Gasteiger partial charge in [-0.05, 0) is 31.0 Å². The fraction of sp³-hybridized carbons (Fsp3) is 0.214. The van der Waals surface area contributed by atoms with Crippen LogP contribution in [0.15, 0.2) is 29.2 Å². The van der Waals surface area contributed by atoms with Gasteiger partial charge in [-0.1, -0.05) is 35.3 Å². The molecule has 0 atom stereocenters. The van der Waals surface area contributed by atoms with E-state index in [1.807, 2.05) is 32.0 Å². The Bertz CT molecular complexity index is 756. The number of aromatic nitrogens is 2. The summed E-state index contributed by atoms with van der Waals surface area (Å²) in [6.07, 6.45) is 1.23. The number of nitrogens with zero attached hydrogens (tertiary/aromatic N) is 2. The summed E-state index contributed by atoms with van der Waals surface area (Å²) in [5, 5.41) is 6.45. The highest BCUT2D eigenvalue weighted by Crippen LogP contribution is 2.17. The van der Waals surface area contributed by atoms with Crippen LogP contribution >= 0.6 is 23.2 Å². The van der Waals surface area contributed by atoms with Gasteiger partial charge in [-0.15, -0.1) is 0 Å². The normalized spacial score (nSPS) is 10.5. The van der Waals surface area contributed by atoms with Crippen molar-refractivity contribution >= 4 is 34.8 Å². The number of halogens is 2. The molecule has 1 N–H and O–H groups in total. The SMILES string of the molecule is Cc1ccc(C)c(NC(=O)Cn2ncc(Cl)c(Cl)c2=O)c1. The Balaban J connectivity index is 2.18. The second-order valence-corrected chi connectivity index (χ2v) is 5.42. The number of nitrogens with one attached hydrogen (secondary N) is 1. The number of hydrogen-bond acceptors (Lipinski definition) is 3. The number of benzene rings is 1. The van der Waals surface area contributed by atoms with Crippen molar-refractivity contribution in [3.8, 4) is 0 Å². The molecule has 0 aliphatic rings. The van der Waals surface area contributed by atoms with Crippen molar-refractivity contribution < 1.29 is 4.79 Å². The van der Waals surface area contributed by atoms with Crippen LogP contribution in [0.4, 0.5) is 5.69 Å². The third-order valence-corrected chi connectivity index (χ3v) is 3.65. The Kier molecular flexibility index (Phi) is 4.65. The molecule has 2 rings (SSSR count). The Morgan fingerprint density at radius 1 is 1.33 bits per heavy atom. The summed E-state index contributed by atoms with van der Waals surface area (Å²) in [4.78, 5) is 23.8. The van der Waals surface area contributed by atoms with Crippen LogP contribution in [-0.2, 0) is 11.3 Å². The molecule has 21 heavy (non-hydrogen) atoms. The standard InChI is InChI=1S/C14H13Cl2N3O2/c1-8-3-4-9(2)11(5-8)18-12(20)7-19-14(21)13(16)10(15)6-17-19/h3-6H,7H2,1-2H3,(H,18,20). The monoisotopic (exact) mass is 325 g/mol. The molecule has 0 saturated heterocycles. The summed E-state index contributed by atoms with van der Waals surface area (Å²) in [7, 11) is 0. The van der Waals surface area contributed by atoms with Gasteiger partial charge in [0.15, 0.2) is 0 Å². The third kappa shape index (κ3) is 3.62.